The largest absolute Gasteiger partial charge is 0.426 e. The monoisotopic (exact) mass is 139 g/mol. The van der Waals surface area contributed by atoms with E-state index in [1.807, 2.05) is 0 Å². The predicted molar refractivity (Wildman–Crippen MR) is 33.8 cm³/mol. The lowest BCUT2D eigenvalue weighted by atomic mass is 10.6. The first kappa shape index (κ1) is 6.54. The zero-order valence-corrected chi connectivity index (χ0v) is 5.11. The normalized spacial score (nSPS) is 9.20. The van der Waals surface area contributed by atoms with Gasteiger partial charge in [0.05, 0.1) is 6.20 Å². The standard InChI is InChI=1S/C6H5NO3/c1-2-5(8)7-3-4-10-6(7)9/h2-4H,1H2. The summed E-state index contributed by atoms with van der Waals surface area (Å²) in [6.07, 6.45) is 3.42. The van der Waals surface area contributed by atoms with Crippen LogP contribution in [0.2, 0.25) is 0 Å². The molecule has 0 aliphatic carbocycles. The molecule has 0 atom stereocenters. The Morgan fingerprint density at radius 2 is 2.50 bits per heavy atom. The molecule has 4 nitrogen and oxygen atoms in total. The lowest BCUT2D eigenvalue weighted by Gasteiger charge is -1.86. The van der Waals surface area contributed by atoms with Crippen LogP contribution in [0.25, 0.3) is 0 Å². The van der Waals surface area contributed by atoms with Crippen molar-refractivity contribution in [2.24, 2.45) is 0 Å². The quantitative estimate of drug-likeness (QED) is 0.524. The summed E-state index contributed by atoms with van der Waals surface area (Å²) in [5.41, 5.74) is 0. The van der Waals surface area contributed by atoms with Gasteiger partial charge in [-0.05, 0) is 6.08 Å². The highest BCUT2D eigenvalue weighted by molar-refractivity contribution is 5.88. The molecule has 0 fully saturated rings. The Labute approximate surface area is 56.4 Å². The SMILES string of the molecule is C=CC(=O)n1ccoc1=O. The van der Waals surface area contributed by atoms with E-state index in [0.29, 0.717) is 0 Å². The molecule has 0 spiro atoms. The molecule has 4 heteroatoms. The van der Waals surface area contributed by atoms with E-state index in [1.165, 1.54) is 6.20 Å². The number of allylic oxidation sites excluding steroid dienone is 1. The van der Waals surface area contributed by atoms with Crippen molar-refractivity contribution in [2.45, 2.75) is 0 Å². The number of hydrogen-bond donors (Lipinski definition) is 0. The molecule has 0 radical (unpaired) electrons. The Bertz CT molecular complexity index is 307. The van der Waals surface area contributed by atoms with Crippen LogP contribution in [0.3, 0.4) is 0 Å². The van der Waals surface area contributed by atoms with Gasteiger partial charge in [-0.3, -0.25) is 4.79 Å². The topological polar surface area (TPSA) is 52.2 Å². The van der Waals surface area contributed by atoms with Gasteiger partial charge in [0, 0.05) is 0 Å². The van der Waals surface area contributed by atoms with Crippen molar-refractivity contribution in [1.29, 1.82) is 0 Å². The van der Waals surface area contributed by atoms with Crippen molar-refractivity contribution < 1.29 is 9.21 Å². The molecule has 1 aromatic heterocycles. The van der Waals surface area contributed by atoms with Crippen LogP contribution in [0.1, 0.15) is 4.79 Å². The Balaban J connectivity index is 3.17. The van der Waals surface area contributed by atoms with Gasteiger partial charge in [-0.2, -0.15) is 0 Å². The number of carbonyl (C=O) groups is 1. The lowest BCUT2D eigenvalue weighted by molar-refractivity contribution is 0.0961. The number of carbonyl (C=O) groups excluding carboxylic acids is 1. The Morgan fingerprint density at radius 3 is 2.90 bits per heavy atom. The van der Waals surface area contributed by atoms with Crippen molar-refractivity contribution in [3.63, 3.8) is 0 Å². The molecule has 0 aliphatic heterocycles. The summed E-state index contributed by atoms with van der Waals surface area (Å²) >= 11 is 0. The number of rotatable bonds is 1. The lowest BCUT2D eigenvalue weighted by Crippen LogP contribution is -2.19. The van der Waals surface area contributed by atoms with Crippen LogP contribution in [0.4, 0.5) is 0 Å². The van der Waals surface area contributed by atoms with Crippen molar-refractivity contribution in [3.8, 4) is 0 Å². The van der Waals surface area contributed by atoms with Crippen LogP contribution in [0.5, 0.6) is 0 Å². The second-order valence-electron chi connectivity index (χ2n) is 1.58. The maximum absolute atomic E-state index is 10.7. The molecule has 1 heterocycles. The number of oxazole rings is 1. The summed E-state index contributed by atoms with van der Waals surface area (Å²) in [4.78, 5) is 21.2. The highest BCUT2D eigenvalue weighted by Gasteiger charge is 2.02. The molecule has 0 aliphatic rings. The Morgan fingerprint density at radius 1 is 1.80 bits per heavy atom. The van der Waals surface area contributed by atoms with Crippen LogP contribution in [0, 0.1) is 0 Å². The highest BCUT2D eigenvalue weighted by Crippen LogP contribution is 1.82. The molecule has 1 rings (SSSR count). The second-order valence-corrected chi connectivity index (χ2v) is 1.58. The van der Waals surface area contributed by atoms with Crippen molar-refractivity contribution >= 4 is 5.91 Å². The van der Waals surface area contributed by atoms with E-state index in [2.05, 4.69) is 11.0 Å². The average Bonchev–Trinajstić information content (AvgIpc) is 2.34. The third kappa shape index (κ3) is 0.907. The number of aromatic nitrogens is 1. The number of nitrogens with zero attached hydrogens (tertiary/aromatic N) is 1. The van der Waals surface area contributed by atoms with Crippen molar-refractivity contribution in [1.82, 2.24) is 4.57 Å². The highest BCUT2D eigenvalue weighted by atomic mass is 16.4. The Kier molecular flexibility index (Phi) is 1.53. The van der Waals surface area contributed by atoms with Gasteiger partial charge in [0.25, 0.3) is 5.91 Å². The molecular weight excluding hydrogens is 134 g/mol. The summed E-state index contributed by atoms with van der Waals surface area (Å²) in [5.74, 6) is -1.18. The smallest absolute Gasteiger partial charge is 0.416 e. The molecule has 0 saturated carbocycles. The number of hydrogen-bond acceptors (Lipinski definition) is 3. The van der Waals surface area contributed by atoms with Gasteiger partial charge in [0.1, 0.15) is 6.26 Å². The zero-order valence-electron chi connectivity index (χ0n) is 5.11. The minimum atomic E-state index is -0.690. The molecule has 0 bridgehead atoms. The van der Waals surface area contributed by atoms with E-state index in [9.17, 15) is 9.59 Å². The van der Waals surface area contributed by atoms with Crippen LogP contribution in [0.15, 0.2) is 34.3 Å². The van der Waals surface area contributed by atoms with E-state index < -0.39 is 11.7 Å². The van der Waals surface area contributed by atoms with Crippen molar-refractivity contribution in [3.05, 3.63) is 35.7 Å². The van der Waals surface area contributed by atoms with Gasteiger partial charge < -0.3 is 4.42 Å². The predicted octanol–water partition coefficient (Wildman–Crippen LogP) is 0.267. The first-order valence-electron chi connectivity index (χ1n) is 2.58. The zero-order chi connectivity index (χ0) is 7.56. The van der Waals surface area contributed by atoms with E-state index >= 15 is 0 Å². The van der Waals surface area contributed by atoms with Gasteiger partial charge in [-0.15, -0.1) is 0 Å². The van der Waals surface area contributed by atoms with Crippen LogP contribution in [-0.4, -0.2) is 10.5 Å². The molecule has 0 N–H and O–H groups in total. The van der Waals surface area contributed by atoms with Gasteiger partial charge in [-0.25, -0.2) is 9.36 Å². The first-order chi connectivity index (χ1) is 4.75. The fourth-order valence-corrected chi connectivity index (χ4v) is 0.529. The minimum Gasteiger partial charge on any atom is -0.416 e. The van der Waals surface area contributed by atoms with E-state index in [-0.39, 0.29) is 0 Å². The summed E-state index contributed by atoms with van der Waals surface area (Å²) in [6, 6.07) is 0. The molecule has 52 valence electrons. The summed E-state index contributed by atoms with van der Waals surface area (Å²) in [6.45, 7) is 3.21. The van der Waals surface area contributed by atoms with Gasteiger partial charge in [0.2, 0.25) is 0 Å². The molecule has 0 unspecified atom stereocenters. The van der Waals surface area contributed by atoms with E-state index in [0.717, 1.165) is 16.9 Å². The molecule has 1 aromatic rings. The van der Waals surface area contributed by atoms with Crippen LogP contribution >= 0.6 is 0 Å². The maximum Gasteiger partial charge on any atom is 0.426 e. The van der Waals surface area contributed by atoms with Gasteiger partial charge in [-0.1, -0.05) is 6.58 Å². The summed E-state index contributed by atoms with van der Waals surface area (Å²) in [7, 11) is 0. The minimum absolute atomic E-state index is 0.487. The molecule has 0 aromatic carbocycles. The summed E-state index contributed by atoms with van der Waals surface area (Å²) in [5, 5.41) is 0. The Hall–Kier alpha value is -1.58. The van der Waals surface area contributed by atoms with Crippen LogP contribution in [-0.2, 0) is 0 Å². The second kappa shape index (κ2) is 2.34. The average molecular weight is 139 g/mol. The maximum atomic E-state index is 10.7. The third-order valence-corrected chi connectivity index (χ3v) is 0.988. The fourth-order valence-electron chi connectivity index (χ4n) is 0.529. The van der Waals surface area contributed by atoms with Gasteiger partial charge in [0.15, 0.2) is 0 Å². The molecule has 10 heavy (non-hydrogen) atoms. The molecular formula is C6H5NO3. The van der Waals surface area contributed by atoms with Gasteiger partial charge >= 0.3 is 5.76 Å². The molecule has 0 saturated heterocycles. The van der Waals surface area contributed by atoms with E-state index in [1.54, 1.807) is 0 Å². The third-order valence-electron chi connectivity index (χ3n) is 0.988. The fraction of sp³-hybridized carbons (Fsp3) is 0. The first-order valence-corrected chi connectivity index (χ1v) is 2.58. The van der Waals surface area contributed by atoms with E-state index in [4.69, 9.17) is 0 Å². The molecule has 0 amide bonds. The van der Waals surface area contributed by atoms with Crippen LogP contribution < -0.4 is 5.76 Å². The van der Waals surface area contributed by atoms with Crippen molar-refractivity contribution in [2.75, 3.05) is 0 Å². The summed E-state index contributed by atoms with van der Waals surface area (Å²) < 4.78 is 5.15.